The molecule has 3 rings (SSSR count). The van der Waals surface area contributed by atoms with Crippen molar-refractivity contribution in [2.45, 2.75) is 46.3 Å². The smallest absolute Gasteiger partial charge is 0.162 e. The van der Waals surface area contributed by atoms with Crippen LogP contribution in [0.1, 0.15) is 49.9 Å². The molecule has 144 valence electrons. The summed E-state index contributed by atoms with van der Waals surface area (Å²) in [4.78, 5) is 0. The number of para-hydroxylation sites is 1. The Balaban J connectivity index is 1.98. The number of rotatable bonds is 6. The summed E-state index contributed by atoms with van der Waals surface area (Å²) in [7, 11) is 0. The third-order valence-electron chi connectivity index (χ3n) is 4.78. The van der Waals surface area contributed by atoms with Crippen molar-refractivity contribution in [1.29, 1.82) is 0 Å². The van der Waals surface area contributed by atoms with Gasteiger partial charge >= 0.3 is 0 Å². The van der Waals surface area contributed by atoms with E-state index in [2.05, 4.69) is 61.7 Å². The van der Waals surface area contributed by atoms with Gasteiger partial charge in [0.1, 0.15) is 0 Å². The molecule has 0 fully saturated rings. The normalized spacial score (nSPS) is 19.5. The van der Waals surface area contributed by atoms with Gasteiger partial charge in [0.2, 0.25) is 0 Å². The van der Waals surface area contributed by atoms with Gasteiger partial charge in [0.25, 0.3) is 0 Å². The number of aromatic hydroxyl groups is 1. The predicted octanol–water partition coefficient (Wildman–Crippen LogP) is 4.75. The molecule has 1 aliphatic rings. The SMILES string of the molecule is CCOc1cccc(C2C=C(c3ccc(C)cc3)NC(CC(C)C)N2)c1O. The zero-order valence-electron chi connectivity index (χ0n) is 16.6. The van der Waals surface area contributed by atoms with E-state index in [0.717, 1.165) is 23.2 Å². The van der Waals surface area contributed by atoms with Crippen LogP contribution in [0.15, 0.2) is 48.5 Å². The molecule has 0 bridgehead atoms. The summed E-state index contributed by atoms with van der Waals surface area (Å²) in [5.41, 5.74) is 4.32. The molecule has 0 saturated heterocycles. The molecule has 2 aromatic rings. The minimum Gasteiger partial charge on any atom is -0.504 e. The van der Waals surface area contributed by atoms with Gasteiger partial charge in [0, 0.05) is 11.3 Å². The van der Waals surface area contributed by atoms with Crippen molar-refractivity contribution in [1.82, 2.24) is 10.6 Å². The second-order valence-corrected chi connectivity index (χ2v) is 7.54. The number of nitrogens with one attached hydrogen (secondary N) is 2. The second-order valence-electron chi connectivity index (χ2n) is 7.54. The summed E-state index contributed by atoms with van der Waals surface area (Å²) in [6.07, 6.45) is 3.27. The van der Waals surface area contributed by atoms with E-state index in [1.165, 1.54) is 5.56 Å². The molecule has 2 aromatic carbocycles. The highest BCUT2D eigenvalue weighted by molar-refractivity contribution is 5.67. The lowest BCUT2D eigenvalue weighted by Gasteiger charge is -2.34. The summed E-state index contributed by atoms with van der Waals surface area (Å²) in [5.74, 6) is 1.29. The van der Waals surface area contributed by atoms with Crippen LogP contribution in [0, 0.1) is 12.8 Å². The third kappa shape index (κ3) is 4.64. The number of benzene rings is 2. The Morgan fingerprint density at radius 1 is 1.11 bits per heavy atom. The van der Waals surface area contributed by atoms with Crippen LogP contribution < -0.4 is 15.4 Å². The molecule has 4 heteroatoms. The highest BCUT2D eigenvalue weighted by Gasteiger charge is 2.26. The molecule has 4 nitrogen and oxygen atoms in total. The highest BCUT2D eigenvalue weighted by atomic mass is 16.5. The minimum absolute atomic E-state index is 0.0910. The molecule has 0 spiro atoms. The molecule has 1 heterocycles. The molecule has 0 aromatic heterocycles. The fraction of sp³-hybridized carbons (Fsp3) is 0.391. The van der Waals surface area contributed by atoms with Gasteiger partial charge in [-0.1, -0.05) is 55.8 Å². The van der Waals surface area contributed by atoms with Gasteiger partial charge in [-0.05, 0) is 43.9 Å². The standard InChI is InChI=1S/C23H30N2O2/c1-5-27-21-8-6-7-18(23(21)26)20-14-19(17-11-9-16(4)10-12-17)24-22(25-20)13-15(2)3/h6-12,14-15,20,22,24-26H,5,13H2,1-4H3. The van der Waals surface area contributed by atoms with Gasteiger partial charge in [-0.15, -0.1) is 0 Å². The van der Waals surface area contributed by atoms with Crippen LogP contribution in [-0.4, -0.2) is 17.9 Å². The van der Waals surface area contributed by atoms with Crippen LogP contribution in [0.5, 0.6) is 11.5 Å². The van der Waals surface area contributed by atoms with Gasteiger partial charge in [0.15, 0.2) is 11.5 Å². The van der Waals surface area contributed by atoms with Gasteiger partial charge in [-0.3, -0.25) is 5.32 Å². The molecule has 1 aliphatic heterocycles. The first kappa shape index (κ1) is 19.3. The fourth-order valence-electron chi connectivity index (χ4n) is 3.46. The molecule has 3 N–H and O–H groups in total. The van der Waals surface area contributed by atoms with E-state index in [0.29, 0.717) is 18.3 Å². The Morgan fingerprint density at radius 2 is 1.85 bits per heavy atom. The van der Waals surface area contributed by atoms with E-state index in [9.17, 15) is 5.11 Å². The Hall–Kier alpha value is -2.46. The van der Waals surface area contributed by atoms with Crippen molar-refractivity contribution in [3.63, 3.8) is 0 Å². The molecule has 0 radical (unpaired) electrons. The van der Waals surface area contributed by atoms with E-state index in [1.54, 1.807) is 6.07 Å². The van der Waals surface area contributed by atoms with Crippen molar-refractivity contribution in [3.8, 4) is 11.5 Å². The van der Waals surface area contributed by atoms with E-state index in [1.807, 2.05) is 19.1 Å². The topological polar surface area (TPSA) is 53.5 Å². The van der Waals surface area contributed by atoms with Crippen LogP contribution in [0.25, 0.3) is 5.70 Å². The van der Waals surface area contributed by atoms with E-state index in [-0.39, 0.29) is 18.0 Å². The molecular formula is C23H30N2O2. The molecule has 2 unspecified atom stereocenters. The van der Waals surface area contributed by atoms with Crippen LogP contribution in [0.2, 0.25) is 0 Å². The number of hydrogen-bond donors (Lipinski definition) is 3. The first-order valence-corrected chi connectivity index (χ1v) is 9.74. The van der Waals surface area contributed by atoms with Crippen molar-refractivity contribution < 1.29 is 9.84 Å². The maximum Gasteiger partial charge on any atom is 0.162 e. The van der Waals surface area contributed by atoms with Crippen molar-refractivity contribution in [3.05, 3.63) is 65.2 Å². The predicted molar refractivity (Wildman–Crippen MR) is 111 cm³/mol. The summed E-state index contributed by atoms with van der Waals surface area (Å²) in [5, 5.41) is 18.0. The van der Waals surface area contributed by atoms with Gasteiger partial charge in [-0.25, -0.2) is 0 Å². The minimum atomic E-state index is -0.0910. The van der Waals surface area contributed by atoms with Crippen molar-refractivity contribution in [2.24, 2.45) is 5.92 Å². The maximum absolute atomic E-state index is 10.7. The number of aryl methyl sites for hydroxylation is 1. The summed E-state index contributed by atoms with van der Waals surface area (Å²) in [6, 6.07) is 14.1. The first-order chi connectivity index (χ1) is 13.0. The Bertz CT molecular complexity index is 797. The number of phenols is 1. The van der Waals surface area contributed by atoms with Gasteiger partial charge in [0.05, 0.1) is 18.8 Å². The first-order valence-electron chi connectivity index (χ1n) is 9.74. The molecular weight excluding hydrogens is 336 g/mol. The molecule has 0 saturated carbocycles. The molecule has 0 aliphatic carbocycles. The average molecular weight is 367 g/mol. The zero-order valence-corrected chi connectivity index (χ0v) is 16.6. The Kier molecular flexibility index (Phi) is 6.07. The van der Waals surface area contributed by atoms with E-state index < -0.39 is 0 Å². The molecule has 0 amide bonds. The lowest BCUT2D eigenvalue weighted by Crippen LogP contribution is -2.47. The zero-order chi connectivity index (χ0) is 19.4. The second kappa shape index (κ2) is 8.49. The van der Waals surface area contributed by atoms with Crippen LogP contribution in [0.4, 0.5) is 0 Å². The molecule has 2 atom stereocenters. The number of phenolic OH excluding ortho intramolecular Hbond substituents is 1. The van der Waals surface area contributed by atoms with Gasteiger partial charge < -0.3 is 15.2 Å². The summed E-state index contributed by atoms with van der Waals surface area (Å²) >= 11 is 0. The van der Waals surface area contributed by atoms with Crippen LogP contribution in [-0.2, 0) is 0 Å². The largest absolute Gasteiger partial charge is 0.504 e. The number of hydrogen-bond acceptors (Lipinski definition) is 4. The van der Waals surface area contributed by atoms with Crippen molar-refractivity contribution in [2.75, 3.05) is 6.61 Å². The summed E-state index contributed by atoms with van der Waals surface area (Å²) < 4.78 is 5.57. The maximum atomic E-state index is 10.7. The lowest BCUT2D eigenvalue weighted by molar-refractivity contribution is 0.312. The van der Waals surface area contributed by atoms with E-state index in [4.69, 9.17) is 4.74 Å². The van der Waals surface area contributed by atoms with E-state index >= 15 is 0 Å². The Morgan fingerprint density at radius 3 is 2.52 bits per heavy atom. The number of ether oxygens (including phenoxy) is 1. The summed E-state index contributed by atoms with van der Waals surface area (Å²) in [6.45, 7) is 8.97. The highest BCUT2D eigenvalue weighted by Crippen LogP contribution is 2.36. The quantitative estimate of drug-likeness (QED) is 0.691. The monoisotopic (exact) mass is 366 g/mol. The average Bonchev–Trinajstić information content (AvgIpc) is 2.63. The van der Waals surface area contributed by atoms with Crippen LogP contribution in [0.3, 0.4) is 0 Å². The third-order valence-corrected chi connectivity index (χ3v) is 4.78. The molecule has 27 heavy (non-hydrogen) atoms. The van der Waals surface area contributed by atoms with Crippen LogP contribution >= 0.6 is 0 Å². The fourth-order valence-corrected chi connectivity index (χ4v) is 3.46. The Labute approximate surface area is 162 Å². The van der Waals surface area contributed by atoms with Crippen molar-refractivity contribution >= 4 is 5.70 Å². The van der Waals surface area contributed by atoms with Gasteiger partial charge in [-0.2, -0.15) is 0 Å². The lowest BCUT2D eigenvalue weighted by atomic mass is 9.97.